The predicted molar refractivity (Wildman–Crippen MR) is 85.1 cm³/mol. The molecule has 0 spiro atoms. The van der Waals surface area contributed by atoms with Crippen LogP contribution in [0.5, 0.6) is 0 Å². The average molecular weight is 282 g/mol. The molecule has 1 amide bonds. The van der Waals surface area contributed by atoms with E-state index in [1.807, 2.05) is 25.1 Å². The van der Waals surface area contributed by atoms with Gasteiger partial charge in [-0.05, 0) is 50.5 Å². The summed E-state index contributed by atoms with van der Waals surface area (Å²) in [5.74, 6) is 0.0679. The fraction of sp³-hybridized carbons (Fsp3) is 0.333. The van der Waals surface area contributed by atoms with Crippen LogP contribution < -0.4 is 5.32 Å². The molecule has 0 aliphatic carbocycles. The van der Waals surface area contributed by atoms with Crippen LogP contribution in [0.3, 0.4) is 0 Å². The van der Waals surface area contributed by atoms with Crippen LogP contribution >= 0.6 is 0 Å². The van der Waals surface area contributed by atoms with Crippen LogP contribution in [0.1, 0.15) is 34.5 Å². The van der Waals surface area contributed by atoms with Crippen molar-refractivity contribution in [2.75, 3.05) is 0 Å². The third-order valence-corrected chi connectivity index (χ3v) is 3.53. The van der Waals surface area contributed by atoms with E-state index < -0.39 is 0 Å². The van der Waals surface area contributed by atoms with E-state index in [2.05, 4.69) is 42.3 Å². The standard InChI is InChI=1S/C18H22N2O/c1-13-7-8-16(14(2)11-13)9-10-18(21)19-12-17-6-4-5-15(3)20-17/h4-8,11H,9-10,12H2,1-3H3,(H,19,21). The molecule has 1 aromatic carbocycles. The number of hydrogen-bond donors (Lipinski definition) is 1. The highest BCUT2D eigenvalue weighted by Gasteiger charge is 2.05. The van der Waals surface area contributed by atoms with E-state index in [-0.39, 0.29) is 5.91 Å². The minimum Gasteiger partial charge on any atom is -0.350 e. The predicted octanol–water partition coefficient (Wildman–Crippen LogP) is 3.26. The quantitative estimate of drug-likeness (QED) is 0.914. The summed E-state index contributed by atoms with van der Waals surface area (Å²) in [5.41, 5.74) is 5.62. The molecule has 2 aromatic rings. The lowest BCUT2D eigenvalue weighted by atomic mass is 10.0. The van der Waals surface area contributed by atoms with Gasteiger partial charge in [0.25, 0.3) is 0 Å². The van der Waals surface area contributed by atoms with Gasteiger partial charge in [-0.15, -0.1) is 0 Å². The lowest BCUT2D eigenvalue weighted by Crippen LogP contribution is -2.23. The van der Waals surface area contributed by atoms with E-state index >= 15 is 0 Å². The smallest absolute Gasteiger partial charge is 0.220 e. The monoisotopic (exact) mass is 282 g/mol. The van der Waals surface area contributed by atoms with Crippen molar-refractivity contribution in [2.24, 2.45) is 0 Å². The Balaban J connectivity index is 1.82. The van der Waals surface area contributed by atoms with Crippen LogP contribution in [0.4, 0.5) is 0 Å². The first kappa shape index (κ1) is 15.2. The fourth-order valence-corrected chi connectivity index (χ4v) is 2.35. The van der Waals surface area contributed by atoms with Gasteiger partial charge in [0.15, 0.2) is 0 Å². The number of carbonyl (C=O) groups is 1. The van der Waals surface area contributed by atoms with Crippen molar-refractivity contribution < 1.29 is 4.79 Å². The third-order valence-electron chi connectivity index (χ3n) is 3.53. The molecule has 1 aromatic heterocycles. The van der Waals surface area contributed by atoms with Gasteiger partial charge in [0.2, 0.25) is 5.91 Å². The fourth-order valence-electron chi connectivity index (χ4n) is 2.35. The van der Waals surface area contributed by atoms with Crippen molar-refractivity contribution in [3.05, 3.63) is 64.5 Å². The minimum atomic E-state index is 0.0679. The van der Waals surface area contributed by atoms with Crippen molar-refractivity contribution in [1.82, 2.24) is 10.3 Å². The van der Waals surface area contributed by atoms with Gasteiger partial charge in [0.1, 0.15) is 0 Å². The van der Waals surface area contributed by atoms with Crippen LogP contribution in [0, 0.1) is 20.8 Å². The zero-order valence-electron chi connectivity index (χ0n) is 12.9. The largest absolute Gasteiger partial charge is 0.350 e. The van der Waals surface area contributed by atoms with E-state index in [4.69, 9.17) is 0 Å². The Morgan fingerprint density at radius 1 is 1.14 bits per heavy atom. The highest BCUT2D eigenvalue weighted by molar-refractivity contribution is 5.76. The van der Waals surface area contributed by atoms with E-state index in [1.165, 1.54) is 16.7 Å². The van der Waals surface area contributed by atoms with Crippen LogP contribution in [0.15, 0.2) is 36.4 Å². The molecular formula is C18H22N2O. The summed E-state index contributed by atoms with van der Waals surface area (Å²) < 4.78 is 0. The van der Waals surface area contributed by atoms with E-state index in [1.54, 1.807) is 0 Å². The average Bonchev–Trinajstić information content (AvgIpc) is 2.44. The summed E-state index contributed by atoms with van der Waals surface area (Å²) in [6.45, 7) is 6.62. The molecule has 3 nitrogen and oxygen atoms in total. The molecule has 3 heteroatoms. The van der Waals surface area contributed by atoms with E-state index in [9.17, 15) is 4.79 Å². The number of aryl methyl sites for hydroxylation is 4. The third kappa shape index (κ3) is 4.71. The molecule has 0 saturated carbocycles. The molecule has 0 fully saturated rings. The van der Waals surface area contributed by atoms with Gasteiger partial charge in [-0.3, -0.25) is 9.78 Å². The Hall–Kier alpha value is -2.16. The molecular weight excluding hydrogens is 260 g/mol. The maximum absolute atomic E-state index is 11.9. The first-order valence-corrected chi connectivity index (χ1v) is 7.30. The van der Waals surface area contributed by atoms with Crippen LogP contribution in [-0.4, -0.2) is 10.9 Å². The molecule has 0 saturated heterocycles. The number of pyridine rings is 1. The van der Waals surface area contributed by atoms with E-state index in [0.29, 0.717) is 13.0 Å². The van der Waals surface area contributed by atoms with Crippen molar-refractivity contribution in [2.45, 2.75) is 40.2 Å². The summed E-state index contributed by atoms with van der Waals surface area (Å²) in [6, 6.07) is 12.2. The van der Waals surface area contributed by atoms with Crippen molar-refractivity contribution in [1.29, 1.82) is 0 Å². The Bertz CT molecular complexity index is 635. The zero-order chi connectivity index (χ0) is 15.2. The highest BCUT2D eigenvalue weighted by Crippen LogP contribution is 2.12. The number of amides is 1. The lowest BCUT2D eigenvalue weighted by Gasteiger charge is -2.08. The van der Waals surface area contributed by atoms with Gasteiger partial charge < -0.3 is 5.32 Å². The van der Waals surface area contributed by atoms with Crippen LogP contribution in [-0.2, 0) is 17.8 Å². The minimum absolute atomic E-state index is 0.0679. The molecule has 110 valence electrons. The van der Waals surface area contributed by atoms with Crippen LogP contribution in [0.25, 0.3) is 0 Å². The number of hydrogen-bond acceptors (Lipinski definition) is 2. The van der Waals surface area contributed by atoms with Gasteiger partial charge >= 0.3 is 0 Å². The first-order valence-electron chi connectivity index (χ1n) is 7.30. The van der Waals surface area contributed by atoms with Crippen molar-refractivity contribution >= 4 is 5.91 Å². The Morgan fingerprint density at radius 3 is 2.67 bits per heavy atom. The molecule has 0 unspecified atom stereocenters. The number of benzene rings is 1. The van der Waals surface area contributed by atoms with Gasteiger partial charge in [0, 0.05) is 12.1 Å². The highest BCUT2D eigenvalue weighted by atomic mass is 16.1. The Morgan fingerprint density at radius 2 is 1.95 bits per heavy atom. The summed E-state index contributed by atoms with van der Waals surface area (Å²) >= 11 is 0. The van der Waals surface area contributed by atoms with Gasteiger partial charge in [-0.25, -0.2) is 0 Å². The lowest BCUT2D eigenvalue weighted by molar-refractivity contribution is -0.121. The zero-order valence-corrected chi connectivity index (χ0v) is 12.9. The Kier molecular flexibility index (Phi) is 5.09. The molecule has 0 aliphatic rings. The second kappa shape index (κ2) is 7.02. The van der Waals surface area contributed by atoms with Gasteiger partial charge in [-0.2, -0.15) is 0 Å². The maximum Gasteiger partial charge on any atom is 0.220 e. The summed E-state index contributed by atoms with van der Waals surface area (Å²) in [5, 5.41) is 2.93. The molecule has 0 atom stereocenters. The van der Waals surface area contributed by atoms with E-state index in [0.717, 1.165) is 17.8 Å². The van der Waals surface area contributed by atoms with Crippen molar-refractivity contribution in [3.8, 4) is 0 Å². The molecule has 0 radical (unpaired) electrons. The topological polar surface area (TPSA) is 42.0 Å². The second-order valence-electron chi connectivity index (χ2n) is 5.48. The molecule has 1 N–H and O–H groups in total. The summed E-state index contributed by atoms with van der Waals surface area (Å²) in [7, 11) is 0. The van der Waals surface area contributed by atoms with Gasteiger partial charge in [0.05, 0.1) is 12.2 Å². The normalized spacial score (nSPS) is 10.4. The SMILES string of the molecule is Cc1ccc(CCC(=O)NCc2cccc(C)n2)c(C)c1. The molecule has 1 heterocycles. The van der Waals surface area contributed by atoms with Crippen LogP contribution in [0.2, 0.25) is 0 Å². The molecule has 21 heavy (non-hydrogen) atoms. The second-order valence-corrected chi connectivity index (χ2v) is 5.48. The number of nitrogens with zero attached hydrogens (tertiary/aromatic N) is 1. The van der Waals surface area contributed by atoms with Gasteiger partial charge in [-0.1, -0.05) is 29.8 Å². The Labute approximate surface area is 126 Å². The number of nitrogens with one attached hydrogen (secondary N) is 1. The molecule has 2 rings (SSSR count). The molecule has 0 aliphatic heterocycles. The summed E-state index contributed by atoms with van der Waals surface area (Å²) in [6.07, 6.45) is 1.29. The number of rotatable bonds is 5. The summed E-state index contributed by atoms with van der Waals surface area (Å²) in [4.78, 5) is 16.3. The molecule has 0 bridgehead atoms. The number of carbonyl (C=O) groups excluding carboxylic acids is 1. The maximum atomic E-state index is 11.9. The number of aromatic nitrogens is 1. The first-order chi connectivity index (χ1) is 10.0. The van der Waals surface area contributed by atoms with Crippen molar-refractivity contribution in [3.63, 3.8) is 0 Å².